The van der Waals surface area contributed by atoms with E-state index in [4.69, 9.17) is 0 Å². The Hall–Kier alpha value is -2.70. The predicted molar refractivity (Wildman–Crippen MR) is 79.2 cm³/mol. The Morgan fingerprint density at radius 2 is 2.00 bits per heavy atom. The largest absolute Gasteiger partial charge is 0.334 e. The summed E-state index contributed by atoms with van der Waals surface area (Å²) in [6, 6.07) is 6.11. The first-order chi connectivity index (χ1) is 10.6. The minimum absolute atomic E-state index is 0.00152. The molecule has 1 aliphatic heterocycles. The lowest BCUT2D eigenvalue weighted by Gasteiger charge is -2.25. The van der Waals surface area contributed by atoms with E-state index in [1.54, 1.807) is 17.3 Å². The van der Waals surface area contributed by atoms with Crippen LogP contribution in [0.4, 0.5) is 0 Å². The van der Waals surface area contributed by atoms with Crippen molar-refractivity contribution in [3.63, 3.8) is 0 Å². The van der Waals surface area contributed by atoms with E-state index in [0.717, 1.165) is 35.2 Å². The van der Waals surface area contributed by atoms with E-state index in [1.807, 2.05) is 12.1 Å². The Morgan fingerprint density at radius 3 is 2.77 bits per heavy atom. The zero-order valence-corrected chi connectivity index (χ0v) is 11.9. The highest BCUT2D eigenvalue weighted by atomic mass is 16.2. The second kappa shape index (κ2) is 5.97. The molecule has 0 radical (unpaired) electrons. The fourth-order valence-corrected chi connectivity index (χ4v) is 2.80. The highest BCUT2D eigenvalue weighted by molar-refractivity contribution is 5.76. The number of H-pyrrole nitrogens is 1. The Kier molecular flexibility index (Phi) is 3.86. The summed E-state index contributed by atoms with van der Waals surface area (Å²) >= 11 is 0. The van der Waals surface area contributed by atoms with Gasteiger partial charge in [0.25, 0.3) is 11.1 Å². The zero-order valence-electron chi connectivity index (χ0n) is 11.9. The average molecular weight is 300 g/mol. The van der Waals surface area contributed by atoms with Crippen LogP contribution in [0, 0.1) is 0 Å². The van der Waals surface area contributed by atoms with Crippen molar-refractivity contribution in [2.45, 2.75) is 25.4 Å². The Bertz CT molecular complexity index is 781. The van der Waals surface area contributed by atoms with Gasteiger partial charge in [-0.2, -0.15) is 0 Å². The van der Waals surface area contributed by atoms with Gasteiger partial charge in [-0.25, -0.2) is 4.68 Å². The van der Waals surface area contributed by atoms with Gasteiger partial charge in [0.15, 0.2) is 0 Å². The summed E-state index contributed by atoms with van der Waals surface area (Å²) < 4.78 is 1.05. The smallest absolute Gasteiger partial charge is 0.265 e. The van der Waals surface area contributed by atoms with E-state index in [9.17, 15) is 14.4 Å². The molecule has 0 unspecified atom stereocenters. The number of nitrogens with zero attached hydrogens (tertiary/aromatic N) is 3. The number of carbonyl (C=O) groups excluding carboxylic acids is 1. The molecule has 0 aliphatic carbocycles. The number of rotatable bonds is 3. The van der Waals surface area contributed by atoms with Crippen LogP contribution in [0.15, 0.2) is 46.2 Å². The lowest BCUT2D eigenvalue weighted by atomic mass is 10.1. The molecule has 1 saturated heterocycles. The first-order valence-electron chi connectivity index (χ1n) is 7.15. The minimum Gasteiger partial charge on any atom is -0.334 e. The number of aromatic amines is 1. The molecule has 2 aromatic rings. The van der Waals surface area contributed by atoms with Crippen molar-refractivity contribution in [3.05, 3.63) is 62.9 Å². The summed E-state index contributed by atoms with van der Waals surface area (Å²) in [5.41, 5.74) is 0.238. The van der Waals surface area contributed by atoms with Crippen molar-refractivity contribution < 1.29 is 4.79 Å². The van der Waals surface area contributed by atoms with E-state index in [0.29, 0.717) is 6.54 Å². The van der Waals surface area contributed by atoms with Crippen molar-refractivity contribution in [1.29, 1.82) is 0 Å². The molecule has 114 valence electrons. The molecule has 0 aromatic carbocycles. The molecular formula is C15H16N4O3. The summed E-state index contributed by atoms with van der Waals surface area (Å²) in [5.74, 6) is -0.178. The van der Waals surface area contributed by atoms with Gasteiger partial charge < -0.3 is 4.90 Å². The molecular weight excluding hydrogens is 284 g/mol. The van der Waals surface area contributed by atoms with Gasteiger partial charge in [0.1, 0.15) is 6.54 Å². The quantitative estimate of drug-likeness (QED) is 0.883. The number of amides is 1. The van der Waals surface area contributed by atoms with E-state index < -0.39 is 11.1 Å². The molecule has 7 heteroatoms. The second-order valence-electron chi connectivity index (χ2n) is 5.26. The van der Waals surface area contributed by atoms with Gasteiger partial charge in [-0.05, 0) is 30.5 Å². The van der Waals surface area contributed by atoms with Crippen LogP contribution >= 0.6 is 0 Å². The van der Waals surface area contributed by atoms with Gasteiger partial charge >= 0.3 is 0 Å². The Labute approximate surface area is 126 Å². The lowest BCUT2D eigenvalue weighted by Crippen LogP contribution is -2.38. The fourth-order valence-electron chi connectivity index (χ4n) is 2.80. The highest BCUT2D eigenvalue weighted by Gasteiger charge is 2.30. The molecule has 0 spiro atoms. The molecule has 3 heterocycles. The number of hydrogen-bond acceptors (Lipinski definition) is 4. The monoisotopic (exact) mass is 300 g/mol. The van der Waals surface area contributed by atoms with Crippen LogP contribution in [0.1, 0.15) is 24.4 Å². The zero-order chi connectivity index (χ0) is 15.5. The minimum atomic E-state index is -0.403. The topological polar surface area (TPSA) is 88.1 Å². The van der Waals surface area contributed by atoms with Crippen LogP contribution in [0.2, 0.25) is 0 Å². The van der Waals surface area contributed by atoms with Gasteiger partial charge in [0.2, 0.25) is 5.91 Å². The number of pyridine rings is 1. The summed E-state index contributed by atoms with van der Waals surface area (Å²) in [6.45, 7) is 0.494. The SMILES string of the molecule is O=C(Cn1[nH]c(=O)ccc1=O)N1CCC[C@@H]1c1ccncc1. The third-order valence-electron chi connectivity index (χ3n) is 3.85. The normalized spacial score (nSPS) is 17.6. The molecule has 1 amide bonds. The first kappa shape index (κ1) is 14.2. The van der Waals surface area contributed by atoms with Crippen LogP contribution in [-0.2, 0) is 11.3 Å². The third-order valence-corrected chi connectivity index (χ3v) is 3.85. The van der Waals surface area contributed by atoms with Crippen LogP contribution in [0.3, 0.4) is 0 Å². The first-order valence-corrected chi connectivity index (χ1v) is 7.15. The Morgan fingerprint density at radius 1 is 1.23 bits per heavy atom. The molecule has 1 N–H and O–H groups in total. The number of nitrogens with one attached hydrogen (secondary N) is 1. The van der Waals surface area contributed by atoms with E-state index in [-0.39, 0.29) is 18.5 Å². The molecule has 1 atom stereocenters. The lowest BCUT2D eigenvalue weighted by molar-refractivity contribution is -0.133. The molecule has 7 nitrogen and oxygen atoms in total. The van der Waals surface area contributed by atoms with Crippen molar-refractivity contribution in [1.82, 2.24) is 19.7 Å². The van der Waals surface area contributed by atoms with Crippen molar-refractivity contribution in [2.75, 3.05) is 6.54 Å². The van der Waals surface area contributed by atoms with Crippen LogP contribution in [0.25, 0.3) is 0 Å². The molecule has 1 fully saturated rings. The summed E-state index contributed by atoms with van der Waals surface area (Å²) in [5, 5.41) is 2.38. The maximum absolute atomic E-state index is 12.5. The van der Waals surface area contributed by atoms with Crippen LogP contribution in [-0.4, -0.2) is 32.1 Å². The van der Waals surface area contributed by atoms with E-state index in [2.05, 4.69) is 10.1 Å². The molecule has 22 heavy (non-hydrogen) atoms. The van der Waals surface area contributed by atoms with Crippen LogP contribution < -0.4 is 11.1 Å². The van der Waals surface area contributed by atoms with E-state index >= 15 is 0 Å². The summed E-state index contributed by atoms with van der Waals surface area (Å²) in [4.78, 5) is 41.2. The fraction of sp³-hybridized carbons (Fsp3) is 0.333. The molecule has 1 aliphatic rings. The van der Waals surface area contributed by atoms with Gasteiger partial charge in [0, 0.05) is 31.1 Å². The van der Waals surface area contributed by atoms with Crippen molar-refractivity contribution >= 4 is 5.91 Å². The Balaban J connectivity index is 1.81. The molecule has 0 bridgehead atoms. The maximum atomic E-state index is 12.5. The van der Waals surface area contributed by atoms with Crippen molar-refractivity contribution in [3.8, 4) is 0 Å². The van der Waals surface area contributed by atoms with Gasteiger partial charge in [-0.15, -0.1) is 0 Å². The number of carbonyl (C=O) groups is 1. The van der Waals surface area contributed by atoms with Gasteiger partial charge in [-0.1, -0.05) is 0 Å². The summed E-state index contributed by atoms with van der Waals surface area (Å²) in [7, 11) is 0. The predicted octanol–water partition coefficient (Wildman–Crippen LogP) is 0.295. The average Bonchev–Trinajstić information content (AvgIpc) is 3.01. The molecule has 3 rings (SSSR count). The van der Waals surface area contributed by atoms with Gasteiger partial charge in [0.05, 0.1) is 6.04 Å². The van der Waals surface area contributed by atoms with Crippen LogP contribution in [0.5, 0.6) is 0 Å². The van der Waals surface area contributed by atoms with E-state index in [1.165, 1.54) is 0 Å². The van der Waals surface area contributed by atoms with Crippen molar-refractivity contribution in [2.24, 2.45) is 0 Å². The molecule has 0 saturated carbocycles. The van der Waals surface area contributed by atoms with Gasteiger partial charge in [-0.3, -0.25) is 24.5 Å². The maximum Gasteiger partial charge on any atom is 0.265 e. The number of hydrogen-bond donors (Lipinski definition) is 1. The molecule has 2 aromatic heterocycles. The highest BCUT2D eigenvalue weighted by Crippen LogP contribution is 2.31. The summed E-state index contributed by atoms with van der Waals surface area (Å²) in [6.07, 6.45) is 5.21. The second-order valence-corrected chi connectivity index (χ2v) is 5.26. The standard InChI is InChI=1S/C15H16N4O3/c20-13-3-4-14(21)19(17-13)10-15(22)18-9-1-2-12(18)11-5-7-16-8-6-11/h3-8,12H,1-2,9-10H2,(H,17,20)/t12-/m1/s1. The number of aromatic nitrogens is 3. The third kappa shape index (κ3) is 2.83. The number of likely N-dealkylation sites (tertiary alicyclic amines) is 1.